The highest BCUT2D eigenvalue weighted by molar-refractivity contribution is 5.57. The lowest BCUT2D eigenvalue weighted by Crippen LogP contribution is -2.35. The maximum Gasteiger partial charge on any atom is 0.137 e. The fourth-order valence-electron chi connectivity index (χ4n) is 3.71. The second kappa shape index (κ2) is 5.13. The first-order valence-electron chi connectivity index (χ1n) is 8.35. The van der Waals surface area contributed by atoms with Crippen LogP contribution in [0.3, 0.4) is 0 Å². The van der Waals surface area contributed by atoms with Crippen molar-refractivity contribution in [1.82, 2.24) is 14.9 Å². The van der Waals surface area contributed by atoms with E-state index in [4.69, 9.17) is 10.7 Å². The van der Waals surface area contributed by atoms with E-state index in [1.165, 1.54) is 45.2 Å². The van der Waals surface area contributed by atoms with Crippen LogP contribution in [0.1, 0.15) is 49.4 Å². The molecule has 0 aromatic carbocycles. The molecule has 5 heteroatoms. The van der Waals surface area contributed by atoms with Crippen molar-refractivity contribution >= 4 is 11.6 Å². The van der Waals surface area contributed by atoms with Crippen molar-refractivity contribution in [3.63, 3.8) is 0 Å². The van der Waals surface area contributed by atoms with Crippen molar-refractivity contribution in [2.45, 2.75) is 51.0 Å². The Morgan fingerprint density at radius 2 is 1.81 bits per heavy atom. The van der Waals surface area contributed by atoms with Crippen molar-refractivity contribution in [2.75, 3.05) is 36.8 Å². The molecule has 0 amide bonds. The summed E-state index contributed by atoms with van der Waals surface area (Å²) in [6.07, 6.45) is 6.42. The van der Waals surface area contributed by atoms with Crippen LogP contribution in [0.4, 0.5) is 11.6 Å². The third kappa shape index (κ3) is 2.48. The summed E-state index contributed by atoms with van der Waals surface area (Å²) < 4.78 is 0. The van der Waals surface area contributed by atoms with Crippen molar-refractivity contribution in [3.8, 4) is 0 Å². The molecule has 21 heavy (non-hydrogen) atoms. The minimum absolute atomic E-state index is 0.559. The zero-order valence-electron chi connectivity index (χ0n) is 12.9. The molecule has 114 valence electrons. The van der Waals surface area contributed by atoms with E-state index in [0.717, 1.165) is 30.3 Å². The molecule has 1 aromatic rings. The zero-order chi connectivity index (χ0) is 14.4. The highest BCUT2D eigenvalue weighted by atomic mass is 15.3. The number of nitrogens with zero attached hydrogens (tertiary/aromatic N) is 4. The van der Waals surface area contributed by atoms with Crippen molar-refractivity contribution in [2.24, 2.45) is 0 Å². The van der Waals surface area contributed by atoms with Gasteiger partial charge in [0, 0.05) is 30.6 Å². The van der Waals surface area contributed by atoms with E-state index in [0.29, 0.717) is 17.8 Å². The van der Waals surface area contributed by atoms with E-state index in [1.807, 2.05) is 0 Å². The van der Waals surface area contributed by atoms with Crippen molar-refractivity contribution in [1.29, 1.82) is 0 Å². The lowest BCUT2D eigenvalue weighted by atomic mass is 10.2. The summed E-state index contributed by atoms with van der Waals surface area (Å²) in [5.74, 6) is 3.29. The molecule has 1 aromatic heterocycles. The summed E-state index contributed by atoms with van der Waals surface area (Å²) in [5, 5.41) is 0. The van der Waals surface area contributed by atoms with Crippen LogP contribution < -0.4 is 10.6 Å². The van der Waals surface area contributed by atoms with Gasteiger partial charge in [-0.25, -0.2) is 9.97 Å². The Morgan fingerprint density at radius 3 is 2.52 bits per heavy atom. The Balaban J connectivity index is 1.55. The molecule has 1 aliphatic carbocycles. The molecule has 2 aliphatic heterocycles. The molecule has 2 saturated heterocycles. The summed E-state index contributed by atoms with van der Waals surface area (Å²) in [6, 6.07) is 0.701. The zero-order valence-corrected chi connectivity index (χ0v) is 12.9. The predicted molar refractivity (Wildman–Crippen MR) is 84.6 cm³/mol. The summed E-state index contributed by atoms with van der Waals surface area (Å²) >= 11 is 0. The van der Waals surface area contributed by atoms with E-state index < -0.39 is 0 Å². The molecule has 0 bridgehead atoms. The van der Waals surface area contributed by atoms with Gasteiger partial charge in [0.15, 0.2) is 0 Å². The van der Waals surface area contributed by atoms with Gasteiger partial charge in [-0.3, -0.25) is 4.90 Å². The summed E-state index contributed by atoms with van der Waals surface area (Å²) in [5.41, 5.74) is 7.18. The largest absolute Gasteiger partial charge is 0.383 e. The Kier molecular flexibility index (Phi) is 3.25. The second-order valence-electron chi connectivity index (χ2n) is 6.82. The quantitative estimate of drug-likeness (QED) is 0.920. The monoisotopic (exact) mass is 287 g/mol. The molecule has 0 spiro atoms. The van der Waals surface area contributed by atoms with E-state index in [9.17, 15) is 0 Å². The van der Waals surface area contributed by atoms with E-state index in [2.05, 4.69) is 21.7 Å². The second-order valence-corrected chi connectivity index (χ2v) is 6.82. The Labute approximate surface area is 126 Å². The van der Waals surface area contributed by atoms with Crippen LogP contribution in [-0.2, 0) is 0 Å². The third-order valence-corrected chi connectivity index (χ3v) is 5.24. The van der Waals surface area contributed by atoms with Gasteiger partial charge in [-0.05, 0) is 52.1 Å². The highest BCUT2D eigenvalue weighted by Gasteiger charge is 2.33. The first kappa shape index (κ1) is 13.3. The van der Waals surface area contributed by atoms with Gasteiger partial charge in [0.25, 0.3) is 0 Å². The molecule has 1 atom stereocenters. The molecule has 2 N–H and O–H groups in total. The molecule has 3 heterocycles. The number of hydrogen-bond donors (Lipinski definition) is 1. The molecule has 3 aliphatic rings. The Morgan fingerprint density at radius 1 is 1.05 bits per heavy atom. The van der Waals surface area contributed by atoms with Crippen molar-refractivity contribution < 1.29 is 0 Å². The van der Waals surface area contributed by atoms with Gasteiger partial charge in [0.1, 0.15) is 17.5 Å². The van der Waals surface area contributed by atoms with E-state index in [-0.39, 0.29) is 0 Å². The third-order valence-electron chi connectivity index (χ3n) is 5.24. The minimum Gasteiger partial charge on any atom is -0.383 e. The average molecular weight is 287 g/mol. The number of aromatic nitrogens is 2. The summed E-state index contributed by atoms with van der Waals surface area (Å²) in [7, 11) is 0. The number of nitrogens with two attached hydrogens (primary N) is 1. The van der Waals surface area contributed by atoms with Gasteiger partial charge in [-0.15, -0.1) is 0 Å². The predicted octanol–water partition coefficient (Wildman–Crippen LogP) is 1.92. The number of hydrogen-bond acceptors (Lipinski definition) is 5. The first-order chi connectivity index (χ1) is 10.2. The molecule has 1 saturated carbocycles. The van der Waals surface area contributed by atoms with Gasteiger partial charge in [0.2, 0.25) is 0 Å². The summed E-state index contributed by atoms with van der Waals surface area (Å²) in [6.45, 7) is 6.81. The van der Waals surface area contributed by atoms with Crippen LogP contribution in [-0.4, -0.2) is 47.1 Å². The normalized spacial score (nSPS) is 26.7. The van der Waals surface area contributed by atoms with Crippen LogP contribution >= 0.6 is 0 Å². The van der Waals surface area contributed by atoms with Crippen LogP contribution in [0.25, 0.3) is 0 Å². The molecule has 0 radical (unpaired) electrons. The standard InChI is InChI=1S/C16H25N5/c1-11-14(17)18-15(12-4-5-12)19-16(11)21-9-6-13(10-21)20-7-2-3-8-20/h12-13H,2-10H2,1H3,(H2,17,18,19). The highest BCUT2D eigenvalue weighted by Crippen LogP contribution is 2.40. The van der Waals surface area contributed by atoms with Gasteiger partial charge < -0.3 is 10.6 Å². The van der Waals surface area contributed by atoms with E-state index >= 15 is 0 Å². The molecule has 1 unspecified atom stereocenters. The van der Waals surface area contributed by atoms with Crippen molar-refractivity contribution in [3.05, 3.63) is 11.4 Å². The van der Waals surface area contributed by atoms with E-state index in [1.54, 1.807) is 0 Å². The van der Waals surface area contributed by atoms with Gasteiger partial charge in [-0.2, -0.15) is 0 Å². The lowest BCUT2D eigenvalue weighted by Gasteiger charge is -2.25. The van der Waals surface area contributed by atoms with Crippen LogP contribution in [0.15, 0.2) is 0 Å². The first-order valence-corrected chi connectivity index (χ1v) is 8.35. The smallest absolute Gasteiger partial charge is 0.137 e. The topological polar surface area (TPSA) is 58.3 Å². The number of anilines is 2. The summed E-state index contributed by atoms with van der Waals surface area (Å²) in [4.78, 5) is 14.4. The fraction of sp³-hybridized carbons (Fsp3) is 0.750. The Hall–Kier alpha value is -1.36. The Bertz CT molecular complexity index is 534. The average Bonchev–Trinajstić information content (AvgIpc) is 3.00. The van der Waals surface area contributed by atoms with Crippen LogP contribution in [0.2, 0.25) is 0 Å². The molecular formula is C16H25N5. The minimum atomic E-state index is 0.559. The van der Waals surface area contributed by atoms with Crippen LogP contribution in [0.5, 0.6) is 0 Å². The molecule has 3 fully saturated rings. The molecule has 5 nitrogen and oxygen atoms in total. The van der Waals surface area contributed by atoms with Crippen LogP contribution in [0, 0.1) is 6.92 Å². The lowest BCUT2D eigenvalue weighted by molar-refractivity contribution is 0.260. The number of likely N-dealkylation sites (tertiary alicyclic amines) is 1. The maximum absolute atomic E-state index is 6.12. The number of nitrogen functional groups attached to an aromatic ring is 1. The van der Waals surface area contributed by atoms with Gasteiger partial charge in [-0.1, -0.05) is 0 Å². The molecular weight excluding hydrogens is 262 g/mol. The van der Waals surface area contributed by atoms with Gasteiger partial charge in [0.05, 0.1) is 0 Å². The number of rotatable bonds is 3. The van der Waals surface area contributed by atoms with Gasteiger partial charge >= 0.3 is 0 Å². The molecule has 4 rings (SSSR count). The maximum atomic E-state index is 6.12. The fourth-order valence-corrected chi connectivity index (χ4v) is 3.71. The SMILES string of the molecule is Cc1c(N)nc(C2CC2)nc1N1CCC(N2CCCC2)C1.